The standard InChI is InChI=1S/C28H35N5O2S/c1-22-9-11-23(12-10-22)35-20-19-31-15-17-32(18-16-31)26(34)21-36-28-27(33-13-5-2-6-14-33)29-24-7-3-4-8-25(24)30-28/h3-4,7-12H,2,5-6,13-21H2,1H3. The summed E-state index contributed by atoms with van der Waals surface area (Å²) >= 11 is 1.53. The largest absolute Gasteiger partial charge is 0.492 e. The lowest BCUT2D eigenvalue weighted by Gasteiger charge is -2.34. The summed E-state index contributed by atoms with van der Waals surface area (Å²) in [6.07, 6.45) is 3.62. The highest BCUT2D eigenvalue weighted by Gasteiger charge is 2.23. The minimum Gasteiger partial charge on any atom is -0.492 e. The minimum absolute atomic E-state index is 0.176. The first-order valence-electron chi connectivity index (χ1n) is 13.0. The summed E-state index contributed by atoms with van der Waals surface area (Å²) in [5.41, 5.74) is 3.03. The molecule has 0 bridgehead atoms. The van der Waals surface area contributed by atoms with Crippen LogP contribution in [-0.4, -0.2) is 83.8 Å². The highest BCUT2D eigenvalue weighted by atomic mass is 32.2. The topological polar surface area (TPSA) is 61.8 Å². The number of hydrogen-bond acceptors (Lipinski definition) is 7. The molecule has 190 valence electrons. The van der Waals surface area contributed by atoms with Gasteiger partial charge in [0.2, 0.25) is 5.91 Å². The van der Waals surface area contributed by atoms with Gasteiger partial charge in [-0.1, -0.05) is 41.6 Å². The monoisotopic (exact) mass is 505 g/mol. The highest BCUT2D eigenvalue weighted by molar-refractivity contribution is 8.00. The number of anilines is 1. The number of rotatable bonds is 8. The molecule has 1 amide bonds. The van der Waals surface area contributed by atoms with E-state index in [2.05, 4.69) is 28.9 Å². The molecule has 0 N–H and O–H groups in total. The van der Waals surface area contributed by atoms with E-state index in [9.17, 15) is 4.79 Å². The lowest BCUT2D eigenvalue weighted by Crippen LogP contribution is -2.50. The van der Waals surface area contributed by atoms with Crippen LogP contribution in [-0.2, 0) is 4.79 Å². The fraction of sp³-hybridized carbons (Fsp3) is 0.464. The van der Waals surface area contributed by atoms with Crippen molar-refractivity contribution in [3.05, 3.63) is 54.1 Å². The fourth-order valence-corrected chi connectivity index (χ4v) is 5.66. The van der Waals surface area contributed by atoms with Crippen molar-refractivity contribution >= 4 is 34.5 Å². The molecular weight excluding hydrogens is 470 g/mol. The molecule has 1 aromatic heterocycles. The van der Waals surface area contributed by atoms with Gasteiger partial charge < -0.3 is 14.5 Å². The molecule has 5 rings (SSSR count). The Bertz CT molecular complexity index is 1160. The third kappa shape index (κ3) is 6.28. The summed E-state index contributed by atoms with van der Waals surface area (Å²) in [7, 11) is 0. The predicted molar refractivity (Wildman–Crippen MR) is 146 cm³/mol. The molecule has 36 heavy (non-hydrogen) atoms. The third-order valence-electron chi connectivity index (χ3n) is 6.93. The van der Waals surface area contributed by atoms with Crippen LogP contribution >= 0.6 is 11.8 Å². The second-order valence-corrected chi connectivity index (χ2v) is 10.5. The van der Waals surface area contributed by atoms with Crippen molar-refractivity contribution < 1.29 is 9.53 Å². The molecular formula is C28H35N5O2S. The highest BCUT2D eigenvalue weighted by Crippen LogP contribution is 2.31. The van der Waals surface area contributed by atoms with Crippen molar-refractivity contribution in [1.29, 1.82) is 0 Å². The first-order chi connectivity index (χ1) is 17.7. The molecule has 2 saturated heterocycles. The van der Waals surface area contributed by atoms with Crippen LogP contribution in [0.15, 0.2) is 53.6 Å². The van der Waals surface area contributed by atoms with Gasteiger partial charge in [0.1, 0.15) is 17.4 Å². The maximum Gasteiger partial charge on any atom is 0.233 e. The van der Waals surface area contributed by atoms with Crippen LogP contribution in [0.25, 0.3) is 11.0 Å². The molecule has 0 saturated carbocycles. The number of nitrogens with zero attached hydrogens (tertiary/aromatic N) is 5. The van der Waals surface area contributed by atoms with Gasteiger partial charge in [-0.05, 0) is 50.5 Å². The number of carbonyl (C=O) groups is 1. The number of para-hydroxylation sites is 2. The van der Waals surface area contributed by atoms with E-state index in [1.165, 1.54) is 36.6 Å². The Morgan fingerprint density at radius 1 is 0.889 bits per heavy atom. The van der Waals surface area contributed by atoms with Crippen molar-refractivity contribution in [2.75, 3.05) is 63.1 Å². The lowest BCUT2D eigenvalue weighted by molar-refractivity contribution is -0.130. The summed E-state index contributed by atoms with van der Waals surface area (Å²) in [5, 5.41) is 0.871. The van der Waals surface area contributed by atoms with Crippen LogP contribution in [0.4, 0.5) is 5.82 Å². The van der Waals surface area contributed by atoms with E-state index < -0.39 is 0 Å². The first-order valence-corrected chi connectivity index (χ1v) is 14.0. The molecule has 3 heterocycles. The maximum atomic E-state index is 13.1. The molecule has 7 nitrogen and oxygen atoms in total. The van der Waals surface area contributed by atoms with Crippen LogP contribution in [0.3, 0.4) is 0 Å². The van der Waals surface area contributed by atoms with Gasteiger partial charge >= 0.3 is 0 Å². The molecule has 2 aliphatic heterocycles. The Hall–Kier alpha value is -2.84. The number of carbonyl (C=O) groups excluding carboxylic acids is 1. The normalized spacial score (nSPS) is 16.9. The van der Waals surface area contributed by atoms with E-state index in [0.717, 1.165) is 73.4 Å². The van der Waals surface area contributed by atoms with E-state index >= 15 is 0 Å². The molecule has 0 spiro atoms. The Balaban J connectivity index is 1.13. The van der Waals surface area contributed by atoms with E-state index in [1.54, 1.807) is 0 Å². The summed E-state index contributed by atoms with van der Waals surface area (Å²) in [6.45, 7) is 8.88. The van der Waals surface area contributed by atoms with E-state index in [1.807, 2.05) is 41.3 Å². The molecule has 2 aromatic carbocycles. The van der Waals surface area contributed by atoms with Crippen molar-refractivity contribution in [2.24, 2.45) is 0 Å². The Morgan fingerprint density at radius 3 is 2.31 bits per heavy atom. The second-order valence-electron chi connectivity index (χ2n) is 9.56. The zero-order valence-corrected chi connectivity index (χ0v) is 21.9. The van der Waals surface area contributed by atoms with Gasteiger partial charge in [0.25, 0.3) is 0 Å². The number of piperidine rings is 1. The van der Waals surface area contributed by atoms with Crippen LogP contribution in [0.1, 0.15) is 24.8 Å². The lowest BCUT2D eigenvalue weighted by atomic mass is 10.1. The Labute approximate surface area is 217 Å². The number of thioether (sulfide) groups is 1. The van der Waals surface area contributed by atoms with Crippen LogP contribution in [0.2, 0.25) is 0 Å². The second kappa shape index (κ2) is 11.9. The molecule has 0 unspecified atom stereocenters. The summed E-state index contributed by atoms with van der Waals surface area (Å²) in [4.78, 5) is 29.6. The Kier molecular flexibility index (Phi) is 8.23. The number of fused-ring (bicyclic) bond motifs is 1. The fourth-order valence-electron chi connectivity index (χ4n) is 4.75. The number of aromatic nitrogens is 2. The van der Waals surface area contributed by atoms with Crippen LogP contribution < -0.4 is 9.64 Å². The quantitative estimate of drug-likeness (QED) is 0.424. The SMILES string of the molecule is Cc1ccc(OCCN2CCN(C(=O)CSc3nc4ccccc4nc3N3CCCCC3)CC2)cc1. The van der Waals surface area contributed by atoms with Gasteiger partial charge in [-0.25, -0.2) is 9.97 Å². The van der Waals surface area contributed by atoms with Crippen LogP contribution in [0.5, 0.6) is 5.75 Å². The van der Waals surface area contributed by atoms with Gasteiger partial charge in [-0.2, -0.15) is 0 Å². The number of benzene rings is 2. The number of aryl methyl sites for hydroxylation is 1. The molecule has 0 aliphatic carbocycles. The summed E-state index contributed by atoms with van der Waals surface area (Å²) in [6, 6.07) is 16.2. The van der Waals surface area contributed by atoms with Crippen molar-refractivity contribution in [3.8, 4) is 5.75 Å². The maximum absolute atomic E-state index is 13.1. The summed E-state index contributed by atoms with van der Waals surface area (Å²) in [5.74, 6) is 2.41. The molecule has 8 heteroatoms. The van der Waals surface area contributed by atoms with E-state index in [4.69, 9.17) is 14.7 Å². The number of hydrogen-bond donors (Lipinski definition) is 0. The molecule has 0 radical (unpaired) electrons. The Morgan fingerprint density at radius 2 is 1.58 bits per heavy atom. The van der Waals surface area contributed by atoms with Crippen LogP contribution in [0, 0.1) is 6.92 Å². The first kappa shape index (κ1) is 24.8. The number of ether oxygens (including phenoxy) is 1. The van der Waals surface area contributed by atoms with E-state index in [0.29, 0.717) is 12.4 Å². The van der Waals surface area contributed by atoms with Gasteiger partial charge in [-0.15, -0.1) is 0 Å². The summed E-state index contributed by atoms with van der Waals surface area (Å²) < 4.78 is 5.87. The predicted octanol–water partition coefficient (Wildman–Crippen LogP) is 4.24. The van der Waals surface area contributed by atoms with E-state index in [-0.39, 0.29) is 5.91 Å². The van der Waals surface area contributed by atoms with Gasteiger partial charge in [0.15, 0.2) is 5.82 Å². The smallest absolute Gasteiger partial charge is 0.233 e. The van der Waals surface area contributed by atoms with Crippen molar-refractivity contribution in [2.45, 2.75) is 31.2 Å². The number of piperazine rings is 1. The van der Waals surface area contributed by atoms with Crippen molar-refractivity contribution in [1.82, 2.24) is 19.8 Å². The molecule has 2 aliphatic rings. The zero-order chi connectivity index (χ0) is 24.7. The minimum atomic E-state index is 0.176. The zero-order valence-electron chi connectivity index (χ0n) is 21.1. The van der Waals surface area contributed by atoms with Gasteiger partial charge in [0, 0.05) is 45.8 Å². The average Bonchev–Trinajstić information content (AvgIpc) is 2.93. The van der Waals surface area contributed by atoms with Crippen molar-refractivity contribution in [3.63, 3.8) is 0 Å². The molecule has 2 fully saturated rings. The van der Waals surface area contributed by atoms with Gasteiger partial charge in [-0.3, -0.25) is 9.69 Å². The average molecular weight is 506 g/mol. The molecule has 0 atom stereocenters. The van der Waals surface area contributed by atoms with Gasteiger partial charge in [0.05, 0.1) is 16.8 Å². The third-order valence-corrected chi connectivity index (χ3v) is 7.87. The number of amides is 1. The molecule has 3 aromatic rings.